The van der Waals surface area contributed by atoms with Crippen molar-refractivity contribution in [3.8, 4) is 0 Å². The van der Waals surface area contributed by atoms with E-state index in [1.165, 1.54) is 0 Å². The van der Waals surface area contributed by atoms with Crippen molar-refractivity contribution in [1.82, 2.24) is 0 Å². The summed E-state index contributed by atoms with van der Waals surface area (Å²) in [6, 6.07) is -0.274. The quantitative estimate of drug-likeness (QED) is 0.598. The van der Waals surface area contributed by atoms with Gasteiger partial charge in [0.2, 0.25) is 0 Å². The van der Waals surface area contributed by atoms with Crippen LogP contribution in [0.1, 0.15) is 40.5 Å². The third-order valence-corrected chi connectivity index (χ3v) is 2.84. The Morgan fingerprint density at radius 1 is 1.25 bits per heavy atom. The summed E-state index contributed by atoms with van der Waals surface area (Å²) in [7, 11) is 0. The van der Waals surface area contributed by atoms with Crippen molar-refractivity contribution in [3.63, 3.8) is 0 Å². The number of alkyl halides is 1. The van der Waals surface area contributed by atoms with Crippen LogP contribution in [0.25, 0.3) is 0 Å². The molecule has 0 aliphatic heterocycles. The van der Waals surface area contributed by atoms with Gasteiger partial charge in [0.15, 0.2) is 0 Å². The first-order chi connectivity index (χ1) is 5.25. The van der Waals surface area contributed by atoms with Gasteiger partial charge in [-0.3, -0.25) is 0 Å². The van der Waals surface area contributed by atoms with Gasteiger partial charge in [-0.15, -0.1) is 0 Å². The summed E-state index contributed by atoms with van der Waals surface area (Å²) in [6.07, 6.45) is 0.887. The molecular weight excluding hydrogens is 153 g/mol. The van der Waals surface area contributed by atoms with Crippen LogP contribution in [-0.4, -0.2) is 12.2 Å². The summed E-state index contributed by atoms with van der Waals surface area (Å²) < 4.78 is 13.6. The maximum absolute atomic E-state index is 13.6. The van der Waals surface area contributed by atoms with Gasteiger partial charge < -0.3 is 5.73 Å². The zero-order valence-corrected chi connectivity index (χ0v) is 8.52. The number of hydrogen-bond acceptors (Lipinski definition) is 1. The first-order valence-corrected chi connectivity index (χ1v) is 4.64. The lowest BCUT2D eigenvalue weighted by molar-refractivity contribution is 0.00609. The molecule has 0 aromatic heterocycles. The second kappa shape index (κ2) is 2.69. The van der Waals surface area contributed by atoms with Crippen LogP contribution >= 0.6 is 0 Å². The highest BCUT2D eigenvalue weighted by Crippen LogP contribution is 2.46. The second-order valence-corrected chi connectivity index (χ2v) is 5.60. The Morgan fingerprint density at radius 3 is 2.17 bits per heavy atom. The molecule has 0 unspecified atom stereocenters. The van der Waals surface area contributed by atoms with Crippen LogP contribution in [-0.2, 0) is 0 Å². The van der Waals surface area contributed by atoms with Gasteiger partial charge in [0.25, 0.3) is 0 Å². The van der Waals surface area contributed by atoms with Crippen LogP contribution in [0.15, 0.2) is 0 Å². The predicted molar refractivity (Wildman–Crippen MR) is 49.7 cm³/mol. The molecule has 0 amide bonds. The highest BCUT2D eigenvalue weighted by atomic mass is 19.1. The minimum atomic E-state index is -0.842. The van der Waals surface area contributed by atoms with Crippen molar-refractivity contribution in [2.45, 2.75) is 52.8 Å². The van der Waals surface area contributed by atoms with Crippen molar-refractivity contribution in [1.29, 1.82) is 0 Å². The lowest BCUT2D eigenvalue weighted by atomic mass is 9.63. The van der Waals surface area contributed by atoms with E-state index in [0.29, 0.717) is 0 Å². The molecule has 2 heteroatoms. The summed E-state index contributed by atoms with van der Waals surface area (Å²) in [4.78, 5) is 0. The van der Waals surface area contributed by atoms with E-state index in [1.807, 2.05) is 13.8 Å². The normalized spacial score (nSPS) is 39.5. The van der Waals surface area contributed by atoms with E-state index in [2.05, 4.69) is 13.8 Å². The highest BCUT2D eigenvalue weighted by Gasteiger charge is 2.44. The Kier molecular flexibility index (Phi) is 2.24. The third-order valence-electron chi connectivity index (χ3n) is 2.84. The minimum Gasteiger partial charge on any atom is -0.325 e. The minimum absolute atomic E-state index is 0.200. The maximum Gasteiger partial charge on any atom is 0.120 e. The molecule has 1 nitrogen and oxygen atoms in total. The van der Waals surface area contributed by atoms with Gasteiger partial charge in [-0.1, -0.05) is 27.7 Å². The first kappa shape index (κ1) is 9.97. The van der Waals surface area contributed by atoms with E-state index >= 15 is 0 Å². The van der Waals surface area contributed by atoms with E-state index in [4.69, 9.17) is 5.73 Å². The maximum atomic E-state index is 13.6. The Labute approximate surface area is 74.5 Å². The van der Waals surface area contributed by atoms with Gasteiger partial charge >= 0.3 is 0 Å². The van der Waals surface area contributed by atoms with Gasteiger partial charge in [0.05, 0.1) is 0 Å². The predicted octanol–water partition coefficient (Wildman–Crippen LogP) is 2.50. The van der Waals surface area contributed by atoms with Crippen molar-refractivity contribution < 1.29 is 4.39 Å². The molecule has 1 rings (SSSR count). The standard InChI is InChI=1S/C10H20FN/c1-9(2)5-7(12)8(11)10(3,4)6-9/h7-8H,5-6,12H2,1-4H3/t7-,8-/m0/s1. The molecule has 1 aliphatic rings. The molecule has 1 fully saturated rings. The zero-order valence-electron chi connectivity index (χ0n) is 8.52. The lowest BCUT2D eigenvalue weighted by Crippen LogP contribution is -2.50. The fourth-order valence-electron chi connectivity index (χ4n) is 2.72. The molecule has 1 aliphatic carbocycles. The number of nitrogens with two attached hydrogens (primary N) is 1. The Morgan fingerprint density at radius 2 is 1.75 bits per heavy atom. The molecule has 0 aromatic carbocycles. The molecule has 2 atom stereocenters. The third kappa shape index (κ3) is 1.79. The van der Waals surface area contributed by atoms with Gasteiger partial charge in [-0.25, -0.2) is 4.39 Å². The van der Waals surface area contributed by atoms with E-state index in [9.17, 15) is 4.39 Å². The Bertz CT molecular complexity index is 175. The van der Waals surface area contributed by atoms with Crippen molar-refractivity contribution >= 4 is 0 Å². The molecule has 12 heavy (non-hydrogen) atoms. The smallest absolute Gasteiger partial charge is 0.120 e. The molecular formula is C10H20FN. The molecule has 0 radical (unpaired) electrons. The molecule has 0 aromatic rings. The largest absolute Gasteiger partial charge is 0.325 e. The molecule has 2 N–H and O–H groups in total. The van der Waals surface area contributed by atoms with Gasteiger partial charge in [0.1, 0.15) is 6.17 Å². The topological polar surface area (TPSA) is 26.0 Å². The zero-order chi connectivity index (χ0) is 9.57. The highest BCUT2D eigenvalue weighted by molar-refractivity contribution is 4.97. The molecule has 0 spiro atoms. The van der Waals surface area contributed by atoms with Crippen LogP contribution in [0.2, 0.25) is 0 Å². The summed E-state index contributed by atoms with van der Waals surface area (Å²) in [5, 5.41) is 0. The number of rotatable bonds is 0. The van der Waals surface area contributed by atoms with Crippen molar-refractivity contribution in [2.75, 3.05) is 0 Å². The Hall–Kier alpha value is -0.110. The van der Waals surface area contributed by atoms with Gasteiger partial charge in [-0.05, 0) is 23.7 Å². The lowest BCUT2D eigenvalue weighted by Gasteiger charge is -2.46. The van der Waals surface area contributed by atoms with Crippen LogP contribution in [0.5, 0.6) is 0 Å². The average Bonchev–Trinajstić information content (AvgIpc) is 1.79. The van der Waals surface area contributed by atoms with E-state index in [0.717, 1.165) is 12.8 Å². The number of halogens is 1. The molecule has 1 saturated carbocycles. The molecule has 0 heterocycles. The monoisotopic (exact) mass is 173 g/mol. The second-order valence-electron chi connectivity index (χ2n) is 5.60. The van der Waals surface area contributed by atoms with Crippen LogP contribution in [0.3, 0.4) is 0 Å². The SMILES string of the molecule is CC1(C)C[C@H](N)[C@H](F)C(C)(C)C1. The van der Waals surface area contributed by atoms with E-state index in [-0.39, 0.29) is 16.9 Å². The first-order valence-electron chi connectivity index (χ1n) is 4.64. The van der Waals surface area contributed by atoms with E-state index < -0.39 is 6.17 Å². The summed E-state index contributed by atoms with van der Waals surface area (Å²) >= 11 is 0. The molecule has 0 bridgehead atoms. The van der Waals surface area contributed by atoms with Crippen molar-refractivity contribution in [2.24, 2.45) is 16.6 Å². The van der Waals surface area contributed by atoms with Crippen LogP contribution in [0, 0.1) is 10.8 Å². The Balaban J connectivity index is 2.80. The van der Waals surface area contributed by atoms with Gasteiger partial charge in [0, 0.05) is 6.04 Å². The fraction of sp³-hybridized carbons (Fsp3) is 1.00. The van der Waals surface area contributed by atoms with Crippen molar-refractivity contribution in [3.05, 3.63) is 0 Å². The van der Waals surface area contributed by atoms with Crippen LogP contribution < -0.4 is 5.73 Å². The summed E-state index contributed by atoms with van der Waals surface area (Å²) in [6.45, 7) is 8.28. The molecule has 72 valence electrons. The van der Waals surface area contributed by atoms with E-state index in [1.54, 1.807) is 0 Å². The van der Waals surface area contributed by atoms with Gasteiger partial charge in [-0.2, -0.15) is 0 Å². The summed E-state index contributed by atoms with van der Waals surface area (Å²) in [5.41, 5.74) is 5.71. The fourth-order valence-corrected chi connectivity index (χ4v) is 2.72. The molecule has 0 saturated heterocycles. The average molecular weight is 173 g/mol. The van der Waals surface area contributed by atoms with Crippen LogP contribution in [0.4, 0.5) is 4.39 Å². The number of hydrogen-bond donors (Lipinski definition) is 1. The summed E-state index contributed by atoms with van der Waals surface area (Å²) in [5.74, 6) is 0.